The molecule has 0 unspecified atom stereocenters. The molecule has 0 aliphatic rings. The van der Waals surface area contributed by atoms with E-state index < -0.39 is 20.6 Å². The zero-order valence-corrected chi connectivity index (χ0v) is 30.4. The van der Waals surface area contributed by atoms with Gasteiger partial charge in [0, 0.05) is 28.7 Å². The number of fused-ring (bicyclic) bond motifs is 1. The molecule has 3 aromatic carbocycles. The molecule has 0 spiro atoms. The van der Waals surface area contributed by atoms with Gasteiger partial charge in [0.05, 0.1) is 38.9 Å². The van der Waals surface area contributed by atoms with Crippen molar-refractivity contribution in [3.05, 3.63) is 96.4 Å². The number of anilines is 2. The van der Waals surface area contributed by atoms with Crippen LogP contribution in [-0.2, 0) is 27.2 Å². The summed E-state index contributed by atoms with van der Waals surface area (Å²) in [6, 6.07) is 21.1. The molecule has 264 valence electrons. The van der Waals surface area contributed by atoms with Gasteiger partial charge in [-0.1, -0.05) is 24.3 Å². The SMILES string of the molecule is CCOP(=O)(OCC)C(c1ccc(NC(=O)c2ccc(-n3cc(-c4cccc(OC)c4)c4c(N)ncnc43)cc2)cc1)P(=O)(OCC)OCC. The van der Waals surface area contributed by atoms with Crippen molar-refractivity contribution < 1.29 is 36.8 Å². The van der Waals surface area contributed by atoms with Gasteiger partial charge in [-0.05, 0) is 87.4 Å². The molecule has 15 heteroatoms. The Morgan fingerprint density at radius 2 is 1.44 bits per heavy atom. The highest BCUT2D eigenvalue weighted by molar-refractivity contribution is 7.72. The average Bonchev–Trinajstić information content (AvgIpc) is 3.50. The number of aromatic nitrogens is 3. The second-order valence-corrected chi connectivity index (χ2v) is 15.5. The number of hydrogen-bond acceptors (Lipinski definition) is 11. The van der Waals surface area contributed by atoms with Gasteiger partial charge in [0.25, 0.3) is 5.91 Å². The molecule has 0 fully saturated rings. The van der Waals surface area contributed by atoms with Crippen LogP contribution in [0.15, 0.2) is 85.3 Å². The topological polar surface area (TPSA) is 166 Å². The van der Waals surface area contributed by atoms with Crippen molar-refractivity contribution in [3.8, 4) is 22.6 Å². The second-order valence-electron chi connectivity index (χ2n) is 10.8. The lowest BCUT2D eigenvalue weighted by molar-refractivity contribution is 0.102. The third kappa shape index (κ3) is 7.68. The molecule has 2 aromatic heterocycles. The summed E-state index contributed by atoms with van der Waals surface area (Å²) in [6.07, 6.45) is 3.35. The summed E-state index contributed by atoms with van der Waals surface area (Å²) in [5, 5.41) is 2.25. The van der Waals surface area contributed by atoms with Crippen LogP contribution in [0.4, 0.5) is 11.5 Å². The molecule has 0 atom stereocenters. The number of rotatable bonds is 16. The summed E-state index contributed by atoms with van der Waals surface area (Å²) in [5.41, 5.74) is 10.6. The van der Waals surface area contributed by atoms with Crippen LogP contribution >= 0.6 is 15.2 Å². The molecule has 1 amide bonds. The molecule has 13 nitrogen and oxygen atoms in total. The van der Waals surface area contributed by atoms with Gasteiger partial charge in [0.2, 0.25) is 0 Å². The lowest BCUT2D eigenvalue weighted by Gasteiger charge is -2.31. The average molecular weight is 722 g/mol. The Kier molecular flexibility index (Phi) is 11.9. The van der Waals surface area contributed by atoms with Gasteiger partial charge in [-0.3, -0.25) is 13.9 Å². The predicted molar refractivity (Wildman–Crippen MR) is 194 cm³/mol. The van der Waals surface area contributed by atoms with Gasteiger partial charge in [-0.25, -0.2) is 9.97 Å². The zero-order valence-electron chi connectivity index (χ0n) is 28.6. The molecular formula is C35H41N5O8P2. The Hall–Kier alpha value is -4.35. The van der Waals surface area contributed by atoms with Crippen LogP contribution in [0.1, 0.15) is 49.0 Å². The molecular weight excluding hydrogens is 680 g/mol. The van der Waals surface area contributed by atoms with Crippen molar-refractivity contribution >= 4 is 43.6 Å². The maximum Gasteiger partial charge on any atom is 0.350 e. The van der Waals surface area contributed by atoms with Gasteiger partial charge in [0.1, 0.15) is 17.9 Å². The monoisotopic (exact) mass is 721 g/mol. The summed E-state index contributed by atoms with van der Waals surface area (Å²) < 4.78 is 57.7. The Morgan fingerprint density at radius 3 is 2.00 bits per heavy atom. The summed E-state index contributed by atoms with van der Waals surface area (Å²) in [7, 11) is -6.42. The van der Waals surface area contributed by atoms with Crippen LogP contribution in [-0.4, -0.2) is 54.0 Å². The Bertz CT molecular complexity index is 1990. The minimum absolute atomic E-state index is 0.0602. The Morgan fingerprint density at radius 1 is 0.840 bits per heavy atom. The van der Waals surface area contributed by atoms with Gasteiger partial charge >= 0.3 is 15.2 Å². The molecule has 2 heterocycles. The normalized spacial score (nSPS) is 12.0. The van der Waals surface area contributed by atoms with Crippen LogP contribution in [0, 0.1) is 0 Å². The molecule has 0 saturated carbocycles. The van der Waals surface area contributed by atoms with E-state index in [-0.39, 0.29) is 32.3 Å². The third-order valence-electron chi connectivity index (χ3n) is 7.70. The summed E-state index contributed by atoms with van der Waals surface area (Å²) in [4.78, 5) is 22.0. The molecule has 3 N–H and O–H groups in total. The number of nitrogens with one attached hydrogen (secondary N) is 1. The summed E-state index contributed by atoms with van der Waals surface area (Å²) in [6.45, 7) is 6.93. The maximum absolute atomic E-state index is 14.0. The fraction of sp³-hybridized carbons (Fsp3) is 0.286. The number of methoxy groups -OCH3 is 1. The first kappa shape index (κ1) is 36.9. The van der Waals surface area contributed by atoms with Crippen molar-refractivity contribution in [1.82, 2.24) is 14.5 Å². The predicted octanol–water partition coefficient (Wildman–Crippen LogP) is 8.46. The largest absolute Gasteiger partial charge is 0.497 e. The van der Waals surface area contributed by atoms with E-state index in [9.17, 15) is 13.9 Å². The number of amides is 1. The molecule has 0 saturated heterocycles. The minimum atomic E-state index is -4.01. The van der Waals surface area contributed by atoms with Crippen molar-refractivity contribution in [1.29, 1.82) is 0 Å². The van der Waals surface area contributed by atoms with E-state index in [2.05, 4.69) is 15.3 Å². The van der Waals surface area contributed by atoms with Crippen molar-refractivity contribution in [3.63, 3.8) is 0 Å². The van der Waals surface area contributed by atoms with Gasteiger partial charge < -0.3 is 38.4 Å². The van der Waals surface area contributed by atoms with Crippen LogP contribution < -0.4 is 15.8 Å². The van der Waals surface area contributed by atoms with Crippen LogP contribution in [0.3, 0.4) is 0 Å². The van der Waals surface area contributed by atoms with E-state index in [1.54, 1.807) is 71.2 Å². The first-order chi connectivity index (χ1) is 24.1. The molecule has 0 bridgehead atoms. The fourth-order valence-electron chi connectivity index (χ4n) is 5.62. The fourth-order valence-corrected chi connectivity index (χ4v) is 11.0. The minimum Gasteiger partial charge on any atom is -0.497 e. The quantitative estimate of drug-likeness (QED) is 0.0939. The standard InChI is InChI=1S/C35H41N5O8P2/c1-6-45-49(42,46-7-2)35(50(43,47-8-3)48-9-4)25-13-17-27(18-14-25)39-34(41)24-15-19-28(20-16-24)40-22-30(26-11-10-12-29(21-26)44-5)31-32(36)37-23-38-33(31)40/h10-23,35H,6-9H2,1-5H3,(H,39,41)(H2,36,37,38). The first-order valence-corrected chi connectivity index (χ1v) is 19.4. The zero-order chi connectivity index (χ0) is 35.9. The van der Waals surface area contributed by atoms with Gasteiger partial charge in [-0.15, -0.1) is 0 Å². The van der Waals surface area contributed by atoms with Crippen LogP contribution in [0.25, 0.3) is 27.8 Å². The van der Waals surface area contributed by atoms with Crippen molar-refractivity contribution in [2.24, 2.45) is 0 Å². The van der Waals surface area contributed by atoms with Gasteiger partial charge in [0.15, 0.2) is 11.0 Å². The lowest BCUT2D eigenvalue weighted by Crippen LogP contribution is -2.13. The number of nitrogens with zero attached hydrogens (tertiary/aromatic N) is 3. The summed E-state index contributed by atoms with van der Waals surface area (Å²) in [5.74, 6) is 0.693. The summed E-state index contributed by atoms with van der Waals surface area (Å²) >= 11 is 0. The molecule has 50 heavy (non-hydrogen) atoms. The van der Waals surface area contributed by atoms with E-state index >= 15 is 0 Å². The van der Waals surface area contributed by atoms with E-state index in [0.29, 0.717) is 39.4 Å². The number of hydrogen-bond donors (Lipinski definition) is 2. The van der Waals surface area contributed by atoms with E-state index in [1.807, 2.05) is 47.2 Å². The Balaban J connectivity index is 1.41. The second kappa shape index (κ2) is 16.1. The highest BCUT2D eigenvalue weighted by atomic mass is 31.2. The molecule has 0 aliphatic carbocycles. The number of nitrogens with two attached hydrogens (primary N) is 1. The van der Waals surface area contributed by atoms with Crippen LogP contribution in [0.2, 0.25) is 0 Å². The smallest absolute Gasteiger partial charge is 0.350 e. The van der Waals surface area contributed by atoms with Gasteiger partial charge in [-0.2, -0.15) is 0 Å². The number of nitrogen functional groups attached to an aromatic ring is 1. The van der Waals surface area contributed by atoms with E-state index in [1.165, 1.54) is 6.33 Å². The maximum atomic E-state index is 14.0. The highest BCUT2D eigenvalue weighted by Gasteiger charge is 2.51. The number of ether oxygens (including phenoxy) is 1. The highest BCUT2D eigenvalue weighted by Crippen LogP contribution is 2.78. The van der Waals surface area contributed by atoms with E-state index in [0.717, 1.165) is 16.8 Å². The van der Waals surface area contributed by atoms with Crippen molar-refractivity contribution in [2.45, 2.75) is 33.1 Å². The number of benzene rings is 3. The molecule has 0 aliphatic heterocycles. The van der Waals surface area contributed by atoms with Crippen molar-refractivity contribution in [2.75, 3.05) is 44.6 Å². The molecule has 5 rings (SSSR count). The number of carbonyl (C=O) groups excluding carboxylic acids is 1. The first-order valence-electron chi connectivity index (χ1n) is 16.2. The third-order valence-corrected chi connectivity index (χ3v) is 13.7. The molecule has 5 aromatic rings. The number of carbonyl (C=O) groups is 1. The van der Waals surface area contributed by atoms with E-state index in [4.69, 9.17) is 28.6 Å². The lowest BCUT2D eigenvalue weighted by atomic mass is 10.1. The Labute approximate surface area is 291 Å². The molecule has 0 radical (unpaired) electrons. The van der Waals surface area contributed by atoms with Crippen LogP contribution in [0.5, 0.6) is 5.75 Å².